The van der Waals surface area contributed by atoms with Crippen LogP contribution in [0.2, 0.25) is 5.02 Å². The third kappa shape index (κ3) is 2.49. The fraction of sp³-hybridized carbons (Fsp3) is 0.235. The molecule has 0 saturated carbocycles. The van der Waals surface area contributed by atoms with Crippen LogP contribution in [0.1, 0.15) is 24.5 Å². The molecule has 0 spiro atoms. The predicted octanol–water partition coefficient (Wildman–Crippen LogP) is 4.10. The number of nitrogens with two attached hydrogens (primary N) is 1. The van der Waals surface area contributed by atoms with Crippen LogP contribution in [0.15, 0.2) is 42.5 Å². The van der Waals surface area contributed by atoms with Crippen molar-refractivity contribution in [3.63, 3.8) is 0 Å². The molecule has 0 aromatic heterocycles. The summed E-state index contributed by atoms with van der Waals surface area (Å²) in [7, 11) is 0. The molecule has 0 amide bonds. The van der Waals surface area contributed by atoms with E-state index in [9.17, 15) is 0 Å². The van der Waals surface area contributed by atoms with Gasteiger partial charge in [-0.1, -0.05) is 29.8 Å². The van der Waals surface area contributed by atoms with Crippen LogP contribution in [0, 0.1) is 5.41 Å². The molecule has 3 N–H and O–H groups in total. The van der Waals surface area contributed by atoms with E-state index in [0.29, 0.717) is 16.6 Å². The molecule has 21 heavy (non-hydrogen) atoms. The van der Waals surface area contributed by atoms with Gasteiger partial charge in [0, 0.05) is 17.3 Å². The van der Waals surface area contributed by atoms with Crippen molar-refractivity contribution in [3.05, 3.63) is 58.6 Å². The van der Waals surface area contributed by atoms with Gasteiger partial charge in [-0.15, -0.1) is 0 Å². The molecule has 3 rings (SSSR count). The molecule has 0 radical (unpaired) electrons. The van der Waals surface area contributed by atoms with Gasteiger partial charge in [0.1, 0.15) is 5.84 Å². The molecule has 0 fully saturated rings. The summed E-state index contributed by atoms with van der Waals surface area (Å²) in [6.07, 6.45) is 2.19. The summed E-state index contributed by atoms with van der Waals surface area (Å²) in [6, 6.07) is 14.4. The van der Waals surface area contributed by atoms with Gasteiger partial charge >= 0.3 is 0 Å². The van der Waals surface area contributed by atoms with Crippen LogP contribution in [0.5, 0.6) is 0 Å². The molecule has 1 aliphatic rings. The molecule has 2 aromatic rings. The summed E-state index contributed by atoms with van der Waals surface area (Å²) in [5.41, 5.74) is 9.72. The lowest BCUT2D eigenvalue weighted by Gasteiger charge is -2.37. The molecule has 1 unspecified atom stereocenters. The minimum absolute atomic E-state index is 0.0375. The van der Waals surface area contributed by atoms with E-state index >= 15 is 0 Å². The van der Waals surface area contributed by atoms with E-state index in [2.05, 4.69) is 36.1 Å². The minimum Gasteiger partial charge on any atom is -0.384 e. The molecule has 1 heterocycles. The van der Waals surface area contributed by atoms with Crippen LogP contribution < -0.4 is 10.6 Å². The molecular formula is C17H18ClN3. The van der Waals surface area contributed by atoms with Gasteiger partial charge in [0.25, 0.3) is 0 Å². The van der Waals surface area contributed by atoms with Crippen LogP contribution in [0.3, 0.4) is 0 Å². The highest BCUT2D eigenvalue weighted by Gasteiger charge is 2.25. The van der Waals surface area contributed by atoms with Gasteiger partial charge < -0.3 is 10.6 Å². The summed E-state index contributed by atoms with van der Waals surface area (Å²) in [4.78, 5) is 2.28. The highest BCUT2D eigenvalue weighted by Crippen LogP contribution is 2.40. The zero-order chi connectivity index (χ0) is 15.0. The summed E-state index contributed by atoms with van der Waals surface area (Å²) < 4.78 is 0. The zero-order valence-corrected chi connectivity index (χ0v) is 12.7. The van der Waals surface area contributed by atoms with Gasteiger partial charge in [-0.25, -0.2) is 0 Å². The Labute approximate surface area is 129 Å². The van der Waals surface area contributed by atoms with Crippen LogP contribution in [-0.2, 0) is 6.42 Å². The first kappa shape index (κ1) is 14.0. The van der Waals surface area contributed by atoms with E-state index in [4.69, 9.17) is 22.7 Å². The Hall–Kier alpha value is -2.00. The smallest absolute Gasteiger partial charge is 0.122 e. The number of nitrogens with one attached hydrogen (secondary N) is 1. The number of hydrogen-bond acceptors (Lipinski definition) is 2. The van der Waals surface area contributed by atoms with Crippen molar-refractivity contribution in [2.45, 2.75) is 25.8 Å². The second-order valence-electron chi connectivity index (χ2n) is 5.47. The fourth-order valence-corrected chi connectivity index (χ4v) is 3.20. The van der Waals surface area contributed by atoms with Crippen molar-refractivity contribution in [3.8, 4) is 0 Å². The predicted molar refractivity (Wildman–Crippen MR) is 88.8 cm³/mol. The molecule has 3 nitrogen and oxygen atoms in total. The Morgan fingerprint density at radius 1 is 1.24 bits per heavy atom. The molecular weight excluding hydrogens is 282 g/mol. The highest BCUT2D eigenvalue weighted by atomic mass is 35.5. The van der Waals surface area contributed by atoms with Gasteiger partial charge in [-0.3, -0.25) is 5.41 Å². The quantitative estimate of drug-likeness (QED) is 0.648. The molecule has 1 aliphatic heterocycles. The van der Waals surface area contributed by atoms with Gasteiger partial charge in [-0.05, 0) is 49.6 Å². The molecule has 0 aliphatic carbocycles. The Bertz CT molecular complexity index is 696. The number of nitrogens with zero attached hydrogens (tertiary/aromatic N) is 1. The van der Waals surface area contributed by atoms with Crippen molar-refractivity contribution < 1.29 is 0 Å². The maximum Gasteiger partial charge on any atom is 0.122 e. The van der Waals surface area contributed by atoms with Gasteiger partial charge in [0.2, 0.25) is 0 Å². The standard InChI is InChI=1S/C17H18ClN3/c1-11-6-7-12-4-2-3-5-15(12)21(11)16-9-8-13(17(19)20)10-14(16)18/h2-5,8-11H,6-7H2,1H3,(H3,19,20). The first-order chi connectivity index (χ1) is 10.1. The van der Waals surface area contributed by atoms with E-state index in [-0.39, 0.29) is 5.84 Å². The summed E-state index contributed by atoms with van der Waals surface area (Å²) in [5.74, 6) is 0.0375. The van der Waals surface area contributed by atoms with E-state index in [1.54, 1.807) is 6.07 Å². The number of nitrogen functional groups attached to an aromatic ring is 1. The molecule has 0 bridgehead atoms. The average Bonchev–Trinajstić information content (AvgIpc) is 2.48. The topological polar surface area (TPSA) is 53.1 Å². The number of amidine groups is 1. The monoisotopic (exact) mass is 299 g/mol. The first-order valence-electron chi connectivity index (χ1n) is 7.09. The number of benzene rings is 2. The molecule has 2 aromatic carbocycles. The first-order valence-corrected chi connectivity index (χ1v) is 7.47. The number of rotatable bonds is 2. The third-order valence-electron chi connectivity index (χ3n) is 4.04. The van der Waals surface area contributed by atoms with Crippen LogP contribution in [0.25, 0.3) is 0 Å². The number of halogens is 1. The normalized spacial score (nSPS) is 17.4. The van der Waals surface area contributed by atoms with Gasteiger partial charge in [0.15, 0.2) is 0 Å². The van der Waals surface area contributed by atoms with Gasteiger partial charge in [0.05, 0.1) is 10.7 Å². The molecule has 4 heteroatoms. The summed E-state index contributed by atoms with van der Waals surface area (Å²) in [5, 5.41) is 8.14. The van der Waals surface area contributed by atoms with Crippen molar-refractivity contribution >= 4 is 28.8 Å². The Morgan fingerprint density at radius 2 is 2.00 bits per heavy atom. The largest absolute Gasteiger partial charge is 0.384 e. The fourth-order valence-electron chi connectivity index (χ4n) is 2.93. The second kappa shape index (κ2) is 5.41. The SMILES string of the molecule is CC1CCc2ccccc2N1c1ccc(C(=N)N)cc1Cl. The molecule has 0 saturated heterocycles. The molecule has 108 valence electrons. The van der Waals surface area contributed by atoms with Crippen LogP contribution >= 0.6 is 11.6 Å². The lowest BCUT2D eigenvalue weighted by atomic mass is 9.96. The number of aryl methyl sites for hydroxylation is 1. The lowest BCUT2D eigenvalue weighted by molar-refractivity contribution is 0.618. The van der Waals surface area contributed by atoms with Gasteiger partial charge in [-0.2, -0.15) is 0 Å². The number of para-hydroxylation sites is 1. The van der Waals surface area contributed by atoms with E-state index in [0.717, 1.165) is 18.5 Å². The lowest BCUT2D eigenvalue weighted by Crippen LogP contribution is -2.33. The highest BCUT2D eigenvalue weighted by molar-refractivity contribution is 6.33. The Morgan fingerprint density at radius 3 is 2.71 bits per heavy atom. The number of anilines is 2. The minimum atomic E-state index is 0.0375. The summed E-state index contributed by atoms with van der Waals surface area (Å²) >= 11 is 6.44. The number of hydrogen-bond donors (Lipinski definition) is 2. The van der Waals surface area contributed by atoms with E-state index in [1.165, 1.54) is 11.3 Å². The number of fused-ring (bicyclic) bond motifs is 1. The Kier molecular flexibility index (Phi) is 3.60. The third-order valence-corrected chi connectivity index (χ3v) is 4.34. The van der Waals surface area contributed by atoms with Crippen molar-refractivity contribution in [2.24, 2.45) is 5.73 Å². The van der Waals surface area contributed by atoms with Crippen molar-refractivity contribution in [1.82, 2.24) is 0 Å². The maximum atomic E-state index is 7.51. The Balaban J connectivity index is 2.09. The average molecular weight is 300 g/mol. The van der Waals surface area contributed by atoms with Crippen LogP contribution in [-0.4, -0.2) is 11.9 Å². The van der Waals surface area contributed by atoms with Crippen molar-refractivity contribution in [2.75, 3.05) is 4.90 Å². The maximum absolute atomic E-state index is 7.51. The van der Waals surface area contributed by atoms with Crippen LogP contribution in [0.4, 0.5) is 11.4 Å². The zero-order valence-electron chi connectivity index (χ0n) is 11.9. The summed E-state index contributed by atoms with van der Waals surface area (Å²) in [6.45, 7) is 2.21. The molecule has 1 atom stereocenters. The van der Waals surface area contributed by atoms with E-state index in [1.807, 2.05) is 12.1 Å². The van der Waals surface area contributed by atoms with E-state index < -0.39 is 0 Å². The van der Waals surface area contributed by atoms with Crippen molar-refractivity contribution in [1.29, 1.82) is 5.41 Å². The second-order valence-corrected chi connectivity index (χ2v) is 5.87.